The number of hydrogen-bond donors (Lipinski definition) is 3. The van der Waals surface area contributed by atoms with Gasteiger partial charge in [0.2, 0.25) is 0 Å². The summed E-state index contributed by atoms with van der Waals surface area (Å²) in [5.74, 6) is 0.956. The molecule has 3 unspecified atom stereocenters. The normalized spacial score (nSPS) is 14.1. The lowest BCUT2D eigenvalue weighted by Gasteiger charge is -2.21. The fourth-order valence-electron chi connectivity index (χ4n) is 12.3. The lowest BCUT2D eigenvalue weighted by atomic mass is 10.0. The van der Waals surface area contributed by atoms with E-state index in [1.807, 2.05) is 0 Å². The first-order valence-corrected chi connectivity index (χ1v) is 44.2. The van der Waals surface area contributed by atoms with E-state index in [0.29, 0.717) is 31.6 Å². The molecule has 3 N–H and O–H groups in total. The van der Waals surface area contributed by atoms with Crippen molar-refractivity contribution in [2.75, 3.05) is 39.6 Å². The summed E-state index contributed by atoms with van der Waals surface area (Å²) >= 11 is 0. The topological polar surface area (TPSA) is 237 Å². The fourth-order valence-corrected chi connectivity index (χ4v) is 13.8. The number of unbranched alkanes of at least 4 members (excludes halogenated alkanes) is 43. The van der Waals surface area contributed by atoms with Gasteiger partial charge in [-0.25, -0.2) is 9.13 Å². The van der Waals surface area contributed by atoms with Gasteiger partial charge in [-0.05, 0) is 49.4 Å². The number of aliphatic hydroxyl groups excluding tert-OH is 1. The Balaban J connectivity index is 5.23. The zero-order valence-corrected chi connectivity index (χ0v) is 66.9. The zero-order chi connectivity index (χ0) is 73.1. The van der Waals surface area contributed by atoms with Crippen LogP contribution < -0.4 is 0 Å². The molecule has 0 amide bonds. The molecule has 0 saturated heterocycles. The highest BCUT2D eigenvalue weighted by Gasteiger charge is 2.30. The van der Waals surface area contributed by atoms with Gasteiger partial charge in [0, 0.05) is 25.7 Å². The first-order chi connectivity index (χ1) is 47.6. The second-order valence-electron chi connectivity index (χ2n) is 30.7. The molecule has 0 radical (unpaired) electrons. The van der Waals surface area contributed by atoms with Gasteiger partial charge in [0.25, 0.3) is 0 Å². The van der Waals surface area contributed by atoms with Crippen LogP contribution in [0.3, 0.4) is 0 Å². The Morgan fingerprint density at radius 3 is 0.626 bits per heavy atom. The molecule has 19 heteroatoms. The maximum Gasteiger partial charge on any atom is 0.472 e. The first-order valence-electron chi connectivity index (χ1n) is 41.2. The molecular weight excluding hydrogens is 1290 g/mol. The van der Waals surface area contributed by atoms with E-state index in [4.69, 9.17) is 37.0 Å². The third-order valence-corrected chi connectivity index (χ3v) is 20.5. The summed E-state index contributed by atoms with van der Waals surface area (Å²) in [5, 5.41) is 10.6. The highest BCUT2D eigenvalue weighted by Crippen LogP contribution is 2.45. The maximum atomic E-state index is 13.1. The van der Waals surface area contributed by atoms with Gasteiger partial charge < -0.3 is 33.8 Å². The van der Waals surface area contributed by atoms with Crippen LogP contribution in [0, 0.1) is 23.7 Å². The molecule has 0 saturated carbocycles. The van der Waals surface area contributed by atoms with E-state index in [1.165, 1.54) is 205 Å². The van der Waals surface area contributed by atoms with E-state index < -0.39 is 97.5 Å². The van der Waals surface area contributed by atoms with Gasteiger partial charge in [0.1, 0.15) is 19.3 Å². The average molecular weight is 1450 g/mol. The summed E-state index contributed by atoms with van der Waals surface area (Å²) in [6, 6.07) is 0. The molecule has 588 valence electrons. The van der Waals surface area contributed by atoms with Crippen LogP contribution in [0.5, 0.6) is 0 Å². The number of ether oxygens (including phenoxy) is 4. The Morgan fingerprint density at radius 1 is 0.253 bits per heavy atom. The number of carbonyl (C=O) groups excluding carboxylic acids is 4. The van der Waals surface area contributed by atoms with Gasteiger partial charge in [0.05, 0.1) is 26.4 Å². The minimum Gasteiger partial charge on any atom is -0.462 e. The Labute approximate surface area is 607 Å². The van der Waals surface area contributed by atoms with Crippen molar-refractivity contribution in [3.05, 3.63) is 0 Å². The summed E-state index contributed by atoms with van der Waals surface area (Å²) in [6.45, 7) is 14.2. The number of carbonyl (C=O) groups is 4. The molecule has 0 heterocycles. The van der Waals surface area contributed by atoms with Gasteiger partial charge in [0.15, 0.2) is 12.2 Å². The number of rotatable bonds is 77. The zero-order valence-electron chi connectivity index (χ0n) is 65.1. The van der Waals surface area contributed by atoms with Crippen LogP contribution in [0.15, 0.2) is 0 Å². The molecular formula is C80H156O17P2. The highest BCUT2D eigenvalue weighted by molar-refractivity contribution is 7.47. The van der Waals surface area contributed by atoms with E-state index in [1.54, 1.807) is 0 Å². The summed E-state index contributed by atoms with van der Waals surface area (Å²) in [6.07, 6.45) is 55.5. The van der Waals surface area contributed by atoms with Crippen molar-refractivity contribution < 1.29 is 80.2 Å². The van der Waals surface area contributed by atoms with Crippen LogP contribution in [0.1, 0.15) is 409 Å². The number of aliphatic hydroxyl groups is 1. The minimum atomic E-state index is -4.96. The van der Waals surface area contributed by atoms with Gasteiger partial charge >= 0.3 is 39.5 Å². The van der Waals surface area contributed by atoms with Crippen molar-refractivity contribution in [1.82, 2.24) is 0 Å². The number of esters is 4. The summed E-state index contributed by atoms with van der Waals surface area (Å²) in [7, 11) is -9.92. The Hall–Kier alpha value is -1.94. The van der Waals surface area contributed by atoms with Crippen LogP contribution in [0.25, 0.3) is 0 Å². The first kappa shape index (κ1) is 97.1. The number of phosphoric ester groups is 2. The molecule has 0 aromatic rings. The third-order valence-electron chi connectivity index (χ3n) is 18.6. The average Bonchev–Trinajstić information content (AvgIpc) is 2.21. The molecule has 17 nitrogen and oxygen atoms in total. The predicted molar refractivity (Wildman–Crippen MR) is 404 cm³/mol. The van der Waals surface area contributed by atoms with Crippen LogP contribution in [0.4, 0.5) is 0 Å². The second kappa shape index (κ2) is 69.1. The van der Waals surface area contributed by atoms with E-state index in [9.17, 15) is 43.2 Å². The standard InChI is InChI=1S/C80H156O17P2/c1-70(2)56-48-40-32-25-19-14-10-9-11-17-23-29-37-46-54-62-79(84)97-76(67-91-78(83)61-53-45-39-31-35-43-51-59-73(7)8)69-95-99(88,89)93-65-74(81)64-92-98(86,87)94-68-75(96-80(85)63-55-47-38-30-24-18-21-27-34-42-50-58-72(5)6)66-90-77(82)60-52-44-36-28-22-16-13-12-15-20-26-33-41-49-57-71(3)4/h70-76,81H,9-69H2,1-8H3,(H,86,87)(H,88,89)/t74?,75-,76-/m1/s1. The lowest BCUT2D eigenvalue weighted by molar-refractivity contribution is -0.161. The van der Waals surface area contributed by atoms with E-state index in [-0.39, 0.29) is 25.7 Å². The van der Waals surface area contributed by atoms with Crippen LogP contribution in [0.2, 0.25) is 0 Å². The van der Waals surface area contributed by atoms with Crippen molar-refractivity contribution in [1.29, 1.82) is 0 Å². The molecule has 0 aromatic heterocycles. The predicted octanol–water partition coefficient (Wildman–Crippen LogP) is 23.6. The second-order valence-corrected chi connectivity index (χ2v) is 33.6. The summed E-state index contributed by atoms with van der Waals surface area (Å²) < 4.78 is 68.7. The minimum absolute atomic E-state index is 0.106. The largest absolute Gasteiger partial charge is 0.472 e. The molecule has 0 rings (SSSR count). The molecule has 5 atom stereocenters. The van der Waals surface area contributed by atoms with Crippen molar-refractivity contribution >= 4 is 39.5 Å². The van der Waals surface area contributed by atoms with Crippen molar-refractivity contribution in [3.63, 3.8) is 0 Å². The SMILES string of the molecule is CC(C)CCCCCCCCCCCCCCCCCC(=O)O[C@H](COC(=O)CCCCCCCCCC(C)C)COP(=O)(O)OCC(O)COP(=O)(O)OC[C@@H](COC(=O)CCCCCCCCCCCCCCCCC(C)C)OC(=O)CCCCCCCCCCCCCC(C)C. The van der Waals surface area contributed by atoms with Gasteiger partial charge in [-0.3, -0.25) is 37.3 Å². The maximum absolute atomic E-state index is 13.1. The third kappa shape index (κ3) is 74.1. The summed E-state index contributed by atoms with van der Waals surface area (Å²) in [4.78, 5) is 73.0. The molecule has 0 aliphatic rings. The van der Waals surface area contributed by atoms with E-state index in [0.717, 1.165) is 114 Å². The number of phosphoric acid groups is 2. The Morgan fingerprint density at radius 2 is 0.424 bits per heavy atom. The van der Waals surface area contributed by atoms with E-state index >= 15 is 0 Å². The Bertz CT molecular complexity index is 1940. The van der Waals surface area contributed by atoms with E-state index in [2.05, 4.69) is 55.4 Å². The molecule has 0 spiro atoms. The molecule has 0 aliphatic carbocycles. The smallest absolute Gasteiger partial charge is 0.462 e. The van der Waals surface area contributed by atoms with Crippen LogP contribution >= 0.6 is 15.6 Å². The molecule has 0 bridgehead atoms. The van der Waals surface area contributed by atoms with Crippen LogP contribution in [-0.2, 0) is 65.4 Å². The monoisotopic (exact) mass is 1450 g/mol. The highest BCUT2D eigenvalue weighted by atomic mass is 31.2. The van der Waals surface area contributed by atoms with Gasteiger partial charge in [-0.2, -0.15) is 0 Å². The Kier molecular flexibility index (Phi) is 67.8. The van der Waals surface area contributed by atoms with Crippen molar-refractivity contribution in [2.24, 2.45) is 23.7 Å². The van der Waals surface area contributed by atoms with Gasteiger partial charge in [-0.15, -0.1) is 0 Å². The molecule has 0 fully saturated rings. The van der Waals surface area contributed by atoms with Crippen molar-refractivity contribution in [3.8, 4) is 0 Å². The number of hydrogen-bond acceptors (Lipinski definition) is 15. The summed E-state index contributed by atoms with van der Waals surface area (Å²) in [5.41, 5.74) is 0. The molecule has 99 heavy (non-hydrogen) atoms. The fraction of sp³-hybridized carbons (Fsp3) is 0.950. The quantitative estimate of drug-likeness (QED) is 0.0222. The molecule has 0 aromatic carbocycles. The molecule has 0 aliphatic heterocycles. The van der Waals surface area contributed by atoms with Gasteiger partial charge in [-0.1, -0.05) is 357 Å². The van der Waals surface area contributed by atoms with Crippen molar-refractivity contribution in [2.45, 2.75) is 427 Å². The van der Waals surface area contributed by atoms with Crippen LogP contribution in [-0.4, -0.2) is 96.7 Å². The lowest BCUT2D eigenvalue weighted by Crippen LogP contribution is -2.30.